The maximum absolute atomic E-state index is 12.2. The van der Waals surface area contributed by atoms with Crippen LogP contribution in [0.3, 0.4) is 0 Å². The molecular formula is C23H17ClO5. The molecule has 6 heteroatoms. The van der Waals surface area contributed by atoms with Gasteiger partial charge in [0.05, 0.1) is 5.02 Å². The monoisotopic (exact) mass is 408 g/mol. The van der Waals surface area contributed by atoms with Gasteiger partial charge in [0.2, 0.25) is 0 Å². The van der Waals surface area contributed by atoms with E-state index >= 15 is 0 Å². The maximum atomic E-state index is 12.2. The highest BCUT2D eigenvalue weighted by molar-refractivity contribution is 6.32. The average Bonchev–Trinajstić information content (AvgIpc) is 2.72. The van der Waals surface area contributed by atoms with Gasteiger partial charge in [0.1, 0.15) is 17.9 Å². The van der Waals surface area contributed by atoms with Crippen molar-refractivity contribution in [1.29, 1.82) is 0 Å². The Kier molecular flexibility index (Phi) is 5.23. The topological polar surface area (TPSA) is 65.7 Å². The second-order valence-electron chi connectivity index (χ2n) is 6.63. The van der Waals surface area contributed by atoms with Crippen LogP contribution in [0.15, 0.2) is 69.9 Å². The molecule has 0 aliphatic rings. The zero-order chi connectivity index (χ0) is 20.4. The van der Waals surface area contributed by atoms with E-state index in [-0.39, 0.29) is 13.2 Å². The van der Waals surface area contributed by atoms with E-state index in [0.29, 0.717) is 21.9 Å². The second kappa shape index (κ2) is 7.97. The van der Waals surface area contributed by atoms with Crippen LogP contribution < -0.4 is 10.4 Å². The molecule has 4 aromatic rings. The number of hydrogen-bond donors (Lipinski definition) is 0. The number of hydrogen-bond acceptors (Lipinski definition) is 5. The summed E-state index contributed by atoms with van der Waals surface area (Å²) in [5.41, 5.74) is 1.49. The van der Waals surface area contributed by atoms with E-state index in [9.17, 15) is 9.59 Å². The van der Waals surface area contributed by atoms with E-state index in [1.165, 1.54) is 6.07 Å². The molecule has 0 radical (unpaired) electrons. The minimum absolute atomic E-state index is 0.0696. The van der Waals surface area contributed by atoms with Crippen LogP contribution in [-0.2, 0) is 16.1 Å². The van der Waals surface area contributed by atoms with Crippen molar-refractivity contribution in [2.24, 2.45) is 0 Å². The molecular weight excluding hydrogens is 392 g/mol. The van der Waals surface area contributed by atoms with Gasteiger partial charge in [-0.3, -0.25) is 0 Å². The summed E-state index contributed by atoms with van der Waals surface area (Å²) in [5.74, 6) is -0.149. The lowest BCUT2D eigenvalue weighted by molar-refractivity contribution is -0.147. The van der Waals surface area contributed by atoms with Crippen LogP contribution >= 0.6 is 11.6 Å². The first kappa shape index (κ1) is 19.0. The van der Waals surface area contributed by atoms with Gasteiger partial charge in [0.15, 0.2) is 6.61 Å². The summed E-state index contributed by atoms with van der Waals surface area (Å²) < 4.78 is 16.1. The Labute approximate surface area is 171 Å². The predicted octanol–water partition coefficient (Wildman–Crippen LogP) is 5.03. The molecule has 0 bridgehead atoms. The van der Waals surface area contributed by atoms with E-state index in [4.69, 9.17) is 25.5 Å². The van der Waals surface area contributed by atoms with Crippen molar-refractivity contribution in [3.63, 3.8) is 0 Å². The Hall–Kier alpha value is -3.31. The summed E-state index contributed by atoms with van der Waals surface area (Å²) >= 11 is 6.07. The first-order valence-electron chi connectivity index (χ1n) is 9.00. The van der Waals surface area contributed by atoms with Crippen molar-refractivity contribution in [3.05, 3.63) is 87.2 Å². The van der Waals surface area contributed by atoms with Crippen molar-refractivity contribution in [2.75, 3.05) is 6.61 Å². The van der Waals surface area contributed by atoms with Crippen molar-refractivity contribution >= 4 is 39.3 Å². The highest BCUT2D eigenvalue weighted by Gasteiger charge is 2.13. The van der Waals surface area contributed by atoms with Crippen molar-refractivity contribution < 1.29 is 18.7 Å². The number of carbonyl (C=O) groups is 1. The number of fused-ring (bicyclic) bond motifs is 3. The first-order chi connectivity index (χ1) is 14.0. The number of ether oxygens (including phenoxy) is 2. The molecule has 29 heavy (non-hydrogen) atoms. The fourth-order valence-electron chi connectivity index (χ4n) is 3.19. The van der Waals surface area contributed by atoms with E-state index in [1.807, 2.05) is 43.3 Å². The molecule has 0 fully saturated rings. The highest BCUT2D eigenvalue weighted by atomic mass is 35.5. The summed E-state index contributed by atoms with van der Waals surface area (Å²) in [5, 5.41) is 3.08. The average molecular weight is 409 g/mol. The fourth-order valence-corrected chi connectivity index (χ4v) is 3.36. The van der Waals surface area contributed by atoms with Crippen LogP contribution in [-0.4, -0.2) is 12.6 Å². The molecule has 0 saturated carbocycles. The van der Waals surface area contributed by atoms with Crippen LogP contribution in [0.1, 0.15) is 11.1 Å². The Balaban J connectivity index is 1.55. The highest BCUT2D eigenvalue weighted by Crippen LogP contribution is 2.28. The van der Waals surface area contributed by atoms with E-state index in [1.54, 1.807) is 18.2 Å². The third kappa shape index (κ3) is 4.10. The number of aryl methyl sites for hydroxylation is 1. The zero-order valence-electron chi connectivity index (χ0n) is 15.6. The van der Waals surface area contributed by atoms with E-state index < -0.39 is 11.6 Å². The molecule has 1 heterocycles. The van der Waals surface area contributed by atoms with Gasteiger partial charge < -0.3 is 13.9 Å². The van der Waals surface area contributed by atoms with Crippen molar-refractivity contribution in [2.45, 2.75) is 13.5 Å². The van der Waals surface area contributed by atoms with Crippen LogP contribution in [0.5, 0.6) is 5.75 Å². The largest absolute Gasteiger partial charge is 0.480 e. The minimum Gasteiger partial charge on any atom is -0.480 e. The third-order valence-electron chi connectivity index (χ3n) is 4.54. The molecule has 0 spiro atoms. The van der Waals surface area contributed by atoms with Gasteiger partial charge in [-0.25, -0.2) is 9.59 Å². The van der Waals surface area contributed by atoms with Crippen molar-refractivity contribution in [1.82, 2.24) is 0 Å². The van der Waals surface area contributed by atoms with E-state index in [0.717, 1.165) is 21.7 Å². The molecule has 0 saturated heterocycles. The van der Waals surface area contributed by atoms with Gasteiger partial charge in [0, 0.05) is 17.0 Å². The van der Waals surface area contributed by atoms with Gasteiger partial charge >= 0.3 is 11.6 Å². The molecule has 0 N–H and O–H groups in total. The Bertz CT molecular complexity index is 1280. The Morgan fingerprint density at radius 1 is 1.07 bits per heavy atom. The zero-order valence-corrected chi connectivity index (χ0v) is 16.4. The quantitative estimate of drug-likeness (QED) is 0.263. The van der Waals surface area contributed by atoms with Crippen LogP contribution in [0.2, 0.25) is 5.02 Å². The third-order valence-corrected chi connectivity index (χ3v) is 4.85. The number of esters is 1. The van der Waals surface area contributed by atoms with Crippen LogP contribution in [0.25, 0.3) is 21.7 Å². The van der Waals surface area contributed by atoms with Gasteiger partial charge in [-0.2, -0.15) is 0 Å². The molecule has 4 rings (SSSR count). The Morgan fingerprint density at radius 2 is 1.90 bits per heavy atom. The molecule has 0 aliphatic heterocycles. The maximum Gasteiger partial charge on any atom is 0.344 e. The Morgan fingerprint density at radius 3 is 2.76 bits per heavy atom. The van der Waals surface area contributed by atoms with Crippen molar-refractivity contribution in [3.8, 4) is 5.75 Å². The summed E-state index contributed by atoms with van der Waals surface area (Å²) in [6.45, 7) is 1.54. The standard InChI is InChI=1S/C23H17ClO5/c1-14-6-8-18(24)20(10-14)27-13-22(26)28-12-16-11-21(25)29-19-9-7-15-4-2-3-5-17(15)23(16)19/h2-11H,12-13H2,1H3. The predicted molar refractivity (Wildman–Crippen MR) is 111 cm³/mol. The number of halogens is 1. The first-order valence-corrected chi connectivity index (χ1v) is 9.38. The summed E-state index contributed by atoms with van der Waals surface area (Å²) in [4.78, 5) is 24.1. The number of carbonyl (C=O) groups excluding carboxylic acids is 1. The molecule has 0 atom stereocenters. The number of rotatable bonds is 5. The molecule has 3 aromatic carbocycles. The molecule has 0 unspecified atom stereocenters. The summed E-state index contributed by atoms with van der Waals surface area (Å²) in [7, 11) is 0. The second-order valence-corrected chi connectivity index (χ2v) is 7.04. The smallest absolute Gasteiger partial charge is 0.344 e. The van der Waals surface area contributed by atoms with Gasteiger partial charge in [-0.05, 0) is 41.5 Å². The molecule has 1 aromatic heterocycles. The van der Waals surface area contributed by atoms with E-state index in [2.05, 4.69) is 0 Å². The lowest BCUT2D eigenvalue weighted by Crippen LogP contribution is -2.15. The van der Waals surface area contributed by atoms with Gasteiger partial charge in [-0.15, -0.1) is 0 Å². The van der Waals surface area contributed by atoms with Crippen LogP contribution in [0.4, 0.5) is 0 Å². The minimum atomic E-state index is -0.566. The summed E-state index contributed by atoms with van der Waals surface area (Å²) in [6, 6.07) is 18.0. The van der Waals surface area contributed by atoms with Gasteiger partial charge in [-0.1, -0.05) is 48.0 Å². The molecule has 5 nitrogen and oxygen atoms in total. The lowest BCUT2D eigenvalue weighted by atomic mass is 10.0. The normalized spacial score (nSPS) is 11.0. The lowest BCUT2D eigenvalue weighted by Gasteiger charge is -2.11. The SMILES string of the molecule is Cc1ccc(Cl)c(OCC(=O)OCc2cc(=O)oc3ccc4ccccc4c23)c1. The summed E-state index contributed by atoms with van der Waals surface area (Å²) in [6.07, 6.45) is 0. The molecule has 146 valence electrons. The molecule has 0 aliphatic carbocycles. The fraction of sp³-hybridized carbons (Fsp3) is 0.130. The number of benzene rings is 3. The van der Waals surface area contributed by atoms with Gasteiger partial charge in [0.25, 0.3) is 0 Å². The molecule has 0 amide bonds. The van der Waals surface area contributed by atoms with Crippen LogP contribution in [0, 0.1) is 6.92 Å².